The predicted octanol–water partition coefficient (Wildman–Crippen LogP) is 2.80. The van der Waals surface area contributed by atoms with Gasteiger partial charge < -0.3 is 4.57 Å². The number of nitrogens with zero attached hydrogens (tertiary/aromatic N) is 2. The number of pyridine rings is 1. The van der Waals surface area contributed by atoms with Gasteiger partial charge in [0.15, 0.2) is 0 Å². The molecule has 0 N–H and O–H groups in total. The van der Waals surface area contributed by atoms with Gasteiger partial charge in [-0.1, -0.05) is 48.5 Å². The van der Waals surface area contributed by atoms with Crippen LogP contribution in [-0.2, 0) is 29.0 Å². The molecule has 5 heteroatoms. The van der Waals surface area contributed by atoms with E-state index in [1.54, 1.807) is 22.9 Å². The molecule has 1 aliphatic carbocycles. The van der Waals surface area contributed by atoms with Crippen LogP contribution in [0.4, 0.5) is 5.69 Å². The molecule has 1 aliphatic heterocycles. The third-order valence-electron chi connectivity index (χ3n) is 6.00. The summed E-state index contributed by atoms with van der Waals surface area (Å²) >= 11 is 0. The lowest BCUT2D eigenvalue weighted by molar-refractivity contribution is -0.122. The summed E-state index contributed by atoms with van der Waals surface area (Å²) in [5.74, 6) is -1.21. The minimum absolute atomic E-state index is 0.0665. The summed E-state index contributed by atoms with van der Waals surface area (Å²) in [4.78, 5) is 40.4. The van der Waals surface area contributed by atoms with Crippen LogP contribution in [0.3, 0.4) is 0 Å². The van der Waals surface area contributed by atoms with Crippen molar-refractivity contribution in [1.82, 2.24) is 4.57 Å². The van der Waals surface area contributed by atoms with Crippen molar-refractivity contribution in [3.63, 3.8) is 0 Å². The van der Waals surface area contributed by atoms with E-state index in [0.717, 1.165) is 11.1 Å². The largest absolute Gasteiger partial charge is 0.311 e. The van der Waals surface area contributed by atoms with Gasteiger partial charge in [-0.15, -0.1) is 0 Å². The summed E-state index contributed by atoms with van der Waals surface area (Å²) in [6.07, 6.45) is 2.56. The fourth-order valence-electron chi connectivity index (χ4n) is 4.51. The molecule has 2 amide bonds. The summed E-state index contributed by atoms with van der Waals surface area (Å²) in [5, 5.41) is 0. The van der Waals surface area contributed by atoms with Gasteiger partial charge in [0.1, 0.15) is 0 Å². The van der Waals surface area contributed by atoms with Crippen molar-refractivity contribution < 1.29 is 9.59 Å². The highest BCUT2D eigenvalue weighted by Gasteiger charge is 2.50. The van der Waals surface area contributed by atoms with Gasteiger partial charge in [-0.25, -0.2) is 0 Å². The standard InChI is InChI=1S/C24H20N2O3/c27-22-19-14-21-20(23(28)26(24(21)29)18-9-5-2-6-10-18)13-17(19)11-12-25(22)15-16-7-3-1-4-8-16/h1-12,20-21H,13-15H2/t20-,21+/m0/s1. The summed E-state index contributed by atoms with van der Waals surface area (Å²) in [6, 6.07) is 20.8. The van der Waals surface area contributed by atoms with Crippen LogP contribution in [0.1, 0.15) is 16.7 Å². The number of amides is 2. The Bertz CT molecular complexity index is 1150. The van der Waals surface area contributed by atoms with Crippen molar-refractivity contribution in [3.05, 3.63) is 100.0 Å². The third-order valence-corrected chi connectivity index (χ3v) is 6.00. The first-order chi connectivity index (χ1) is 14.1. The number of hydrogen-bond acceptors (Lipinski definition) is 3. The van der Waals surface area contributed by atoms with Gasteiger partial charge in [0.2, 0.25) is 11.8 Å². The number of benzene rings is 2. The molecule has 0 spiro atoms. The minimum atomic E-state index is -0.463. The van der Waals surface area contributed by atoms with Crippen molar-refractivity contribution in [3.8, 4) is 0 Å². The SMILES string of the molecule is O=C1[C@H]2Cc3ccn(Cc4ccccc4)c(=O)c3C[C@H]2C(=O)N1c1ccccc1. The lowest BCUT2D eigenvalue weighted by Crippen LogP contribution is -2.34. The van der Waals surface area contributed by atoms with Crippen LogP contribution in [0.15, 0.2) is 77.7 Å². The molecule has 29 heavy (non-hydrogen) atoms. The van der Waals surface area contributed by atoms with Gasteiger partial charge in [0.25, 0.3) is 5.56 Å². The van der Waals surface area contributed by atoms with Crippen molar-refractivity contribution in [1.29, 1.82) is 0 Å². The summed E-state index contributed by atoms with van der Waals surface area (Å²) in [7, 11) is 0. The normalized spacial score (nSPS) is 20.5. The smallest absolute Gasteiger partial charge is 0.254 e. The predicted molar refractivity (Wildman–Crippen MR) is 110 cm³/mol. The molecule has 3 aromatic rings. The number of carbonyl (C=O) groups is 2. The van der Waals surface area contributed by atoms with Crippen LogP contribution in [0.5, 0.6) is 0 Å². The third kappa shape index (κ3) is 2.90. The van der Waals surface area contributed by atoms with Crippen LogP contribution in [0, 0.1) is 11.8 Å². The maximum Gasteiger partial charge on any atom is 0.254 e. The van der Waals surface area contributed by atoms with E-state index in [-0.39, 0.29) is 23.3 Å². The molecule has 0 unspecified atom stereocenters. The van der Waals surface area contributed by atoms with Crippen LogP contribution in [0.25, 0.3) is 0 Å². The lowest BCUT2D eigenvalue weighted by atomic mass is 9.78. The highest BCUT2D eigenvalue weighted by molar-refractivity contribution is 6.22. The van der Waals surface area contributed by atoms with Gasteiger partial charge >= 0.3 is 0 Å². The van der Waals surface area contributed by atoms with E-state index in [0.29, 0.717) is 30.6 Å². The molecule has 1 fully saturated rings. The zero-order valence-electron chi connectivity index (χ0n) is 15.8. The Balaban J connectivity index is 1.48. The topological polar surface area (TPSA) is 59.4 Å². The zero-order chi connectivity index (χ0) is 20.0. The molecular weight excluding hydrogens is 364 g/mol. The van der Waals surface area contributed by atoms with E-state index in [1.807, 2.05) is 54.6 Å². The maximum absolute atomic E-state index is 13.1. The molecule has 2 atom stereocenters. The molecule has 1 saturated heterocycles. The second-order valence-corrected chi connectivity index (χ2v) is 7.71. The average molecular weight is 384 g/mol. The van der Waals surface area contributed by atoms with E-state index in [4.69, 9.17) is 0 Å². The van der Waals surface area contributed by atoms with Crippen LogP contribution in [0.2, 0.25) is 0 Å². The molecule has 0 radical (unpaired) electrons. The molecule has 5 nitrogen and oxygen atoms in total. The molecular formula is C24H20N2O3. The second-order valence-electron chi connectivity index (χ2n) is 7.71. The quantitative estimate of drug-likeness (QED) is 0.653. The number of para-hydroxylation sites is 1. The van der Waals surface area contributed by atoms with Crippen LogP contribution >= 0.6 is 0 Å². The monoisotopic (exact) mass is 384 g/mol. The van der Waals surface area contributed by atoms with Gasteiger partial charge in [0, 0.05) is 11.8 Å². The molecule has 2 heterocycles. The summed E-state index contributed by atoms with van der Waals surface area (Å²) < 4.78 is 1.69. The number of rotatable bonds is 3. The Morgan fingerprint density at radius 1 is 0.759 bits per heavy atom. The molecule has 0 bridgehead atoms. The van der Waals surface area contributed by atoms with E-state index >= 15 is 0 Å². The van der Waals surface area contributed by atoms with E-state index in [9.17, 15) is 14.4 Å². The Labute approximate surface area is 168 Å². The number of hydrogen-bond donors (Lipinski definition) is 0. The number of imide groups is 1. The summed E-state index contributed by atoms with van der Waals surface area (Å²) in [5.41, 5.74) is 3.13. The van der Waals surface area contributed by atoms with Gasteiger partial charge in [-0.3, -0.25) is 19.3 Å². The first-order valence-electron chi connectivity index (χ1n) is 9.81. The second kappa shape index (κ2) is 6.85. The van der Waals surface area contributed by atoms with E-state index in [1.165, 1.54) is 4.90 Å². The Kier molecular flexibility index (Phi) is 4.16. The van der Waals surface area contributed by atoms with Gasteiger partial charge in [-0.2, -0.15) is 0 Å². The number of fused-ring (bicyclic) bond motifs is 2. The van der Waals surface area contributed by atoms with Crippen LogP contribution < -0.4 is 10.5 Å². The van der Waals surface area contributed by atoms with Crippen molar-refractivity contribution in [2.75, 3.05) is 4.90 Å². The fraction of sp³-hybridized carbons (Fsp3) is 0.208. The van der Waals surface area contributed by atoms with Crippen molar-refractivity contribution in [2.45, 2.75) is 19.4 Å². The van der Waals surface area contributed by atoms with Crippen molar-refractivity contribution in [2.24, 2.45) is 11.8 Å². The molecule has 2 aromatic carbocycles. The van der Waals surface area contributed by atoms with Gasteiger partial charge in [0.05, 0.1) is 24.1 Å². The molecule has 2 aliphatic rings. The number of anilines is 1. The molecule has 0 saturated carbocycles. The Morgan fingerprint density at radius 2 is 1.38 bits per heavy atom. The summed E-state index contributed by atoms with van der Waals surface area (Å²) in [6.45, 7) is 0.490. The van der Waals surface area contributed by atoms with Crippen molar-refractivity contribution >= 4 is 17.5 Å². The Hall–Kier alpha value is -3.47. The van der Waals surface area contributed by atoms with E-state index < -0.39 is 5.92 Å². The molecule has 5 rings (SSSR count). The highest BCUT2D eigenvalue weighted by Crippen LogP contribution is 2.38. The molecule has 144 valence electrons. The maximum atomic E-state index is 13.1. The zero-order valence-corrected chi connectivity index (χ0v) is 15.8. The highest BCUT2D eigenvalue weighted by atomic mass is 16.2. The number of aromatic nitrogens is 1. The number of carbonyl (C=O) groups excluding carboxylic acids is 2. The average Bonchev–Trinajstić information content (AvgIpc) is 3.00. The minimum Gasteiger partial charge on any atom is -0.311 e. The fourth-order valence-corrected chi connectivity index (χ4v) is 4.51. The van der Waals surface area contributed by atoms with E-state index in [2.05, 4.69) is 0 Å². The Morgan fingerprint density at radius 3 is 2.07 bits per heavy atom. The first kappa shape index (κ1) is 17.6. The van der Waals surface area contributed by atoms with Crippen LogP contribution in [-0.4, -0.2) is 16.4 Å². The molecule has 1 aromatic heterocycles. The lowest BCUT2D eigenvalue weighted by Gasteiger charge is -2.24. The van der Waals surface area contributed by atoms with Gasteiger partial charge in [-0.05, 0) is 42.2 Å². The first-order valence-corrected chi connectivity index (χ1v) is 9.81.